The summed E-state index contributed by atoms with van der Waals surface area (Å²) in [6.07, 6.45) is 3.53. The molecule has 0 saturated carbocycles. The molecule has 0 unspecified atom stereocenters. The molecule has 0 heterocycles. The van der Waals surface area contributed by atoms with Crippen LogP contribution in [0.2, 0.25) is 0 Å². The molecule has 0 spiro atoms. The first-order valence-electron chi connectivity index (χ1n) is 2.63. The van der Waals surface area contributed by atoms with E-state index in [2.05, 4.69) is 24.6 Å². The van der Waals surface area contributed by atoms with E-state index < -0.39 is 0 Å². The third kappa shape index (κ3) is 83.7. The van der Waals surface area contributed by atoms with Crippen molar-refractivity contribution in [3.8, 4) is 0 Å². The lowest BCUT2D eigenvalue weighted by molar-refractivity contribution is -0.353. The molecule has 0 fully saturated rings. The zero-order chi connectivity index (χ0) is 6.83. The van der Waals surface area contributed by atoms with Crippen molar-refractivity contribution < 1.29 is 11.5 Å². The summed E-state index contributed by atoms with van der Waals surface area (Å²) < 4.78 is 0. The van der Waals surface area contributed by atoms with Crippen LogP contribution in [0.3, 0.4) is 0 Å². The van der Waals surface area contributed by atoms with Gasteiger partial charge in [0.1, 0.15) is 0 Å². The van der Waals surface area contributed by atoms with Gasteiger partial charge in [0, 0.05) is 0 Å². The van der Waals surface area contributed by atoms with Crippen LogP contribution in [0.15, 0.2) is 25.3 Å². The highest BCUT2D eigenvalue weighted by atomic mass is 32.1. The second-order valence-corrected chi connectivity index (χ2v) is 1.15. The van der Waals surface area contributed by atoms with Crippen molar-refractivity contribution in [3.63, 3.8) is 0 Å². The van der Waals surface area contributed by atoms with Crippen LogP contribution in [0.4, 0.5) is 0 Å². The molecule has 0 aliphatic carbocycles. The van der Waals surface area contributed by atoms with Crippen molar-refractivity contribution in [3.05, 3.63) is 25.3 Å². The molecule has 0 atom stereocenters. The molecule has 0 radical (unpaired) electrons. The molecule has 2 nitrogen and oxygen atoms in total. The Hall–Kier alpha value is -0.250. The van der Waals surface area contributed by atoms with Crippen molar-refractivity contribution >= 4 is 13.5 Å². The van der Waals surface area contributed by atoms with E-state index in [1.807, 2.05) is 0 Å². The lowest BCUT2D eigenvalue weighted by Crippen LogP contribution is -2.48. The SMILES string of the molecule is C=CC[NH3+].C=CC[NH3+].[S-2]. The van der Waals surface area contributed by atoms with Gasteiger partial charge in [-0.2, -0.15) is 0 Å². The zero-order valence-corrected chi connectivity index (χ0v) is 6.62. The van der Waals surface area contributed by atoms with Gasteiger partial charge < -0.3 is 25.0 Å². The number of quaternary nitrogens is 2. The number of hydrogen-bond acceptors (Lipinski definition) is 0. The first-order chi connectivity index (χ1) is 3.83. The van der Waals surface area contributed by atoms with E-state index in [4.69, 9.17) is 0 Å². The van der Waals surface area contributed by atoms with Gasteiger partial charge in [0.15, 0.2) is 0 Å². The van der Waals surface area contributed by atoms with E-state index >= 15 is 0 Å². The molecule has 3 heteroatoms. The molecular weight excluding hydrogens is 132 g/mol. The minimum atomic E-state index is 0. The summed E-state index contributed by atoms with van der Waals surface area (Å²) in [6, 6.07) is 0. The fourth-order valence-corrected chi connectivity index (χ4v) is 0. The fraction of sp³-hybridized carbons (Fsp3) is 0.333. The minimum absolute atomic E-state index is 0. The summed E-state index contributed by atoms with van der Waals surface area (Å²) in [5.41, 5.74) is 6.97. The van der Waals surface area contributed by atoms with E-state index in [0.717, 1.165) is 13.1 Å². The highest BCUT2D eigenvalue weighted by Gasteiger charge is 1.48. The van der Waals surface area contributed by atoms with Gasteiger partial charge in [-0.1, -0.05) is 13.2 Å². The van der Waals surface area contributed by atoms with Gasteiger partial charge in [-0.05, 0) is 12.2 Å². The molecule has 0 aliphatic rings. The smallest absolute Gasteiger partial charge is 0.0924 e. The van der Waals surface area contributed by atoms with Crippen LogP contribution in [-0.2, 0) is 13.5 Å². The lowest BCUT2D eigenvalue weighted by atomic mass is 10.7. The van der Waals surface area contributed by atoms with Crippen LogP contribution in [0.25, 0.3) is 0 Å². The molecule has 56 valence electrons. The maximum atomic E-state index is 3.49. The normalized spacial score (nSPS) is 5.56. The Labute approximate surface area is 64.1 Å². The lowest BCUT2D eigenvalue weighted by Gasteiger charge is -2.00. The van der Waals surface area contributed by atoms with Crippen molar-refractivity contribution in [1.82, 2.24) is 0 Å². The highest BCUT2D eigenvalue weighted by Crippen LogP contribution is 1.37. The molecule has 0 amide bonds. The summed E-state index contributed by atoms with van der Waals surface area (Å²) in [5.74, 6) is 0. The average molecular weight is 148 g/mol. The van der Waals surface area contributed by atoms with E-state index in [-0.39, 0.29) is 13.5 Å². The van der Waals surface area contributed by atoms with Gasteiger partial charge in [-0.3, -0.25) is 0 Å². The van der Waals surface area contributed by atoms with Crippen LogP contribution in [0.5, 0.6) is 0 Å². The maximum Gasteiger partial charge on any atom is 0.0924 e. The Morgan fingerprint density at radius 3 is 1.11 bits per heavy atom. The minimum Gasteiger partial charge on any atom is -2.00 e. The van der Waals surface area contributed by atoms with E-state index in [1.165, 1.54) is 0 Å². The third-order valence-corrected chi connectivity index (χ3v) is 0.408. The Morgan fingerprint density at radius 1 is 1.00 bits per heavy atom. The molecule has 6 N–H and O–H groups in total. The van der Waals surface area contributed by atoms with Gasteiger partial charge in [-0.25, -0.2) is 0 Å². The molecule has 0 aromatic rings. The van der Waals surface area contributed by atoms with Crippen LogP contribution in [0.1, 0.15) is 0 Å². The Morgan fingerprint density at radius 2 is 1.11 bits per heavy atom. The monoisotopic (exact) mass is 148 g/mol. The van der Waals surface area contributed by atoms with Crippen molar-refractivity contribution in [1.29, 1.82) is 0 Å². The first kappa shape index (κ1) is 15.9. The molecule has 0 bridgehead atoms. The Kier molecular flexibility index (Phi) is 44.3. The van der Waals surface area contributed by atoms with Crippen LogP contribution >= 0.6 is 0 Å². The molecule has 0 saturated heterocycles. The first-order valence-corrected chi connectivity index (χ1v) is 2.63. The second-order valence-electron chi connectivity index (χ2n) is 1.15. The third-order valence-electron chi connectivity index (χ3n) is 0.408. The predicted molar refractivity (Wildman–Crippen MR) is 43.3 cm³/mol. The average Bonchev–Trinajstić information content (AvgIpc) is 1.88. The van der Waals surface area contributed by atoms with E-state index in [1.54, 1.807) is 12.2 Å². The molecule has 0 aromatic carbocycles. The van der Waals surface area contributed by atoms with Crippen molar-refractivity contribution in [2.45, 2.75) is 0 Å². The molecule has 0 aromatic heterocycles. The van der Waals surface area contributed by atoms with Crippen molar-refractivity contribution in [2.75, 3.05) is 13.1 Å². The summed E-state index contributed by atoms with van der Waals surface area (Å²) in [7, 11) is 0. The van der Waals surface area contributed by atoms with E-state index in [0.29, 0.717) is 0 Å². The Balaban J connectivity index is -0.0000000720. The van der Waals surface area contributed by atoms with Crippen molar-refractivity contribution in [2.24, 2.45) is 0 Å². The molecule has 0 rings (SSSR count). The predicted octanol–water partition coefficient (Wildman–Crippen LogP) is -1.17. The van der Waals surface area contributed by atoms with E-state index in [9.17, 15) is 0 Å². The zero-order valence-electron chi connectivity index (χ0n) is 5.81. The topological polar surface area (TPSA) is 55.3 Å². The second kappa shape index (κ2) is 25.1. The molecule has 0 aliphatic heterocycles. The summed E-state index contributed by atoms with van der Waals surface area (Å²) >= 11 is 0. The quantitative estimate of drug-likeness (QED) is 0.464. The summed E-state index contributed by atoms with van der Waals surface area (Å²) in [5, 5.41) is 0. The summed E-state index contributed by atoms with van der Waals surface area (Å²) in [6.45, 7) is 8.50. The van der Waals surface area contributed by atoms with Gasteiger partial charge in [-0.15, -0.1) is 0 Å². The molecule has 9 heavy (non-hydrogen) atoms. The summed E-state index contributed by atoms with van der Waals surface area (Å²) in [4.78, 5) is 0. The van der Waals surface area contributed by atoms with Gasteiger partial charge in [0.2, 0.25) is 0 Å². The Bertz CT molecular complexity index is 47.0. The maximum absolute atomic E-state index is 3.49. The fourth-order valence-electron chi connectivity index (χ4n) is 0. The largest absolute Gasteiger partial charge is 2.00 e. The molecular formula is C6H16N2S. The van der Waals surface area contributed by atoms with Gasteiger partial charge in [0.25, 0.3) is 0 Å². The standard InChI is InChI=1S/2C3H7N.S/c2*1-2-3-4;/h2*2H,1,3-4H2;/q;;-2/p+2. The number of hydrogen-bond donors (Lipinski definition) is 2. The van der Waals surface area contributed by atoms with Crippen LogP contribution in [0, 0.1) is 0 Å². The van der Waals surface area contributed by atoms with Gasteiger partial charge >= 0.3 is 0 Å². The van der Waals surface area contributed by atoms with Crippen LogP contribution in [-0.4, -0.2) is 13.1 Å². The number of rotatable bonds is 2. The highest BCUT2D eigenvalue weighted by molar-refractivity contribution is 7.37. The van der Waals surface area contributed by atoms with Crippen LogP contribution < -0.4 is 11.5 Å². The van der Waals surface area contributed by atoms with Gasteiger partial charge in [0.05, 0.1) is 13.1 Å².